The summed E-state index contributed by atoms with van der Waals surface area (Å²) >= 11 is 0. The molecule has 0 aliphatic rings. The number of hydrogen-bond acceptors (Lipinski definition) is 4. The number of aliphatic hydroxyl groups excluding tert-OH is 1. The first-order chi connectivity index (χ1) is 13.4. The molecule has 0 radical (unpaired) electrons. The van der Waals surface area contributed by atoms with Gasteiger partial charge in [-0.25, -0.2) is 8.42 Å². The van der Waals surface area contributed by atoms with Crippen LogP contribution in [0.3, 0.4) is 0 Å². The van der Waals surface area contributed by atoms with Crippen molar-refractivity contribution in [3.05, 3.63) is 0 Å². The van der Waals surface area contributed by atoms with Crippen molar-refractivity contribution >= 4 is 10.1 Å². The Kier molecular flexibility index (Phi) is 24.4. The first-order valence-corrected chi connectivity index (χ1v) is 13.5. The molecule has 0 heterocycles. The van der Waals surface area contributed by atoms with Gasteiger partial charge in [0, 0.05) is 0 Å². The molecule has 0 saturated carbocycles. The molecule has 2 atom stereocenters. The van der Waals surface area contributed by atoms with E-state index in [1.54, 1.807) is 0 Å². The standard InChI is InChI=1S/C23H48O4S.Na/c1-3-5-7-8-9-10-11-12-13-14-15-16-18-20-23(28(25,26)27)21-22(24)19-17-6-4-2;/h22-24H,3-21H2,1-2H3,(H,25,26,27);/q;+1/p-1. The fourth-order valence-electron chi connectivity index (χ4n) is 3.82. The summed E-state index contributed by atoms with van der Waals surface area (Å²) in [5.74, 6) is 0. The first-order valence-electron chi connectivity index (χ1n) is 12.0. The number of aliphatic hydroxyl groups is 1. The molecule has 0 rings (SSSR count). The summed E-state index contributed by atoms with van der Waals surface area (Å²) < 4.78 is 34.4. The zero-order valence-corrected chi connectivity index (χ0v) is 22.5. The molecule has 0 aromatic rings. The van der Waals surface area contributed by atoms with Crippen LogP contribution in [0, 0.1) is 0 Å². The van der Waals surface area contributed by atoms with Crippen LogP contribution in [0.25, 0.3) is 0 Å². The predicted molar refractivity (Wildman–Crippen MR) is 119 cm³/mol. The van der Waals surface area contributed by atoms with E-state index in [4.69, 9.17) is 0 Å². The van der Waals surface area contributed by atoms with Crippen molar-refractivity contribution in [2.75, 3.05) is 0 Å². The minimum Gasteiger partial charge on any atom is -0.748 e. The molecule has 0 spiro atoms. The van der Waals surface area contributed by atoms with Gasteiger partial charge in [-0.1, -0.05) is 117 Å². The average Bonchev–Trinajstić information content (AvgIpc) is 2.64. The molecule has 0 aromatic heterocycles. The topological polar surface area (TPSA) is 77.4 Å². The maximum absolute atomic E-state index is 11.5. The van der Waals surface area contributed by atoms with Crippen molar-refractivity contribution in [2.24, 2.45) is 0 Å². The van der Waals surface area contributed by atoms with Crippen LogP contribution in [-0.2, 0) is 10.1 Å². The molecule has 29 heavy (non-hydrogen) atoms. The maximum Gasteiger partial charge on any atom is 1.00 e. The van der Waals surface area contributed by atoms with E-state index in [9.17, 15) is 18.1 Å². The van der Waals surface area contributed by atoms with E-state index in [1.807, 2.05) is 0 Å². The number of rotatable bonds is 21. The molecule has 2 unspecified atom stereocenters. The number of hydrogen-bond donors (Lipinski definition) is 1. The van der Waals surface area contributed by atoms with Crippen molar-refractivity contribution in [3.8, 4) is 0 Å². The third kappa shape index (κ3) is 21.9. The Labute approximate surface area is 204 Å². The molecule has 0 saturated heterocycles. The van der Waals surface area contributed by atoms with Gasteiger partial charge in [-0.2, -0.15) is 0 Å². The molecule has 0 amide bonds. The quantitative estimate of drug-likeness (QED) is 0.167. The molecule has 0 aromatic carbocycles. The molecule has 4 nitrogen and oxygen atoms in total. The maximum atomic E-state index is 11.5. The monoisotopic (exact) mass is 442 g/mol. The summed E-state index contributed by atoms with van der Waals surface area (Å²) in [4.78, 5) is 0. The Hall–Kier alpha value is 0.870. The zero-order valence-electron chi connectivity index (χ0n) is 19.7. The van der Waals surface area contributed by atoms with Crippen molar-refractivity contribution in [2.45, 2.75) is 147 Å². The van der Waals surface area contributed by atoms with Gasteiger partial charge in [-0.15, -0.1) is 0 Å². The molecule has 0 aliphatic carbocycles. The second-order valence-corrected chi connectivity index (χ2v) is 10.2. The van der Waals surface area contributed by atoms with E-state index < -0.39 is 21.5 Å². The smallest absolute Gasteiger partial charge is 0.748 e. The van der Waals surface area contributed by atoms with Gasteiger partial charge >= 0.3 is 29.6 Å². The fraction of sp³-hybridized carbons (Fsp3) is 1.00. The minimum absolute atomic E-state index is 0. The SMILES string of the molecule is CCCCCCCCCCCCCCCC(CC(O)CCCCC)S(=O)(=O)[O-].[Na+]. The van der Waals surface area contributed by atoms with Gasteiger partial charge in [0.05, 0.1) is 21.5 Å². The van der Waals surface area contributed by atoms with Crippen molar-refractivity contribution in [1.29, 1.82) is 0 Å². The fourth-order valence-corrected chi connectivity index (χ4v) is 4.73. The second-order valence-electron chi connectivity index (χ2n) is 8.53. The summed E-state index contributed by atoms with van der Waals surface area (Å²) in [6.07, 6.45) is 19.5. The van der Waals surface area contributed by atoms with Crippen molar-refractivity contribution < 1.29 is 47.6 Å². The van der Waals surface area contributed by atoms with Crippen LogP contribution in [0.1, 0.15) is 136 Å². The van der Waals surface area contributed by atoms with Crippen molar-refractivity contribution in [3.63, 3.8) is 0 Å². The van der Waals surface area contributed by atoms with Gasteiger partial charge in [0.2, 0.25) is 0 Å². The molecular formula is C23H47NaO4S. The van der Waals surface area contributed by atoms with Crippen molar-refractivity contribution in [1.82, 2.24) is 0 Å². The van der Waals surface area contributed by atoms with Gasteiger partial charge < -0.3 is 9.66 Å². The van der Waals surface area contributed by atoms with E-state index in [0.717, 1.165) is 38.5 Å². The normalized spacial score (nSPS) is 13.8. The van der Waals surface area contributed by atoms with E-state index in [1.165, 1.54) is 64.2 Å². The summed E-state index contributed by atoms with van der Waals surface area (Å²) in [6.45, 7) is 4.34. The van der Waals surface area contributed by atoms with E-state index in [2.05, 4.69) is 13.8 Å². The number of unbranched alkanes of at least 4 members (excludes halogenated alkanes) is 14. The molecular weight excluding hydrogens is 395 g/mol. The minimum atomic E-state index is -4.32. The van der Waals surface area contributed by atoms with E-state index in [-0.39, 0.29) is 36.0 Å². The predicted octanol–water partition coefficient (Wildman–Crippen LogP) is 3.72. The summed E-state index contributed by atoms with van der Waals surface area (Å²) in [7, 11) is -4.32. The van der Waals surface area contributed by atoms with Crippen LogP contribution in [0.15, 0.2) is 0 Å². The third-order valence-corrected chi connectivity index (χ3v) is 6.96. The largest absolute Gasteiger partial charge is 1.00 e. The van der Waals surface area contributed by atoms with Crippen LogP contribution in [0.2, 0.25) is 0 Å². The Morgan fingerprint density at radius 1 is 0.655 bits per heavy atom. The Balaban J connectivity index is 0. The van der Waals surface area contributed by atoms with Crippen LogP contribution >= 0.6 is 0 Å². The van der Waals surface area contributed by atoms with E-state index in [0.29, 0.717) is 12.8 Å². The van der Waals surface area contributed by atoms with E-state index >= 15 is 0 Å². The summed E-state index contributed by atoms with van der Waals surface area (Å²) in [6, 6.07) is 0. The summed E-state index contributed by atoms with van der Waals surface area (Å²) in [5.41, 5.74) is 0. The van der Waals surface area contributed by atoms with Crippen LogP contribution in [0.5, 0.6) is 0 Å². The Morgan fingerprint density at radius 2 is 1.00 bits per heavy atom. The average molecular weight is 443 g/mol. The van der Waals surface area contributed by atoms with Gasteiger partial charge in [0.1, 0.15) is 0 Å². The molecule has 170 valence electrons. The van der Waals surface area contributed by atoms with Gasteiger partial charge in [-0.05, 0) is 19.3 Å². The summed E-state index contributed by atoms with van der Waals surface area (Å²) in [5, 5.41) is 9.09. The molecule has 0 aliphatic heterocycles. The molecule has 1 N–H and O–H groups in total. The first kappa shape index (κ1) is 32.1. The molecule has 0 fully saturated rings. The molecule has 0 bridgehead atoms. The van der Waals surface area contributed by atoms with Gasteiger partial charge in [-0.3, -0.25) is 0 Å². The van der Waals surface area contributed by atoms with Gasteiger partial charge in [0.25, 0.3) is 0 Å². The zero-order chi connectivity index (χ0) is 21.1. The Morgan fingerprint density at radius 3 is 1.41 bits per heavy atom. The van der Waals surface area contributed by atoms with Gasteiger partial charge in [0.15, 0.2) is 0 Å². The van der Waals surface area contributed by atoms with Crippen LogP contribution in [-0.4, -0.2) is 29.4 Å². The van der Waals surface area contributed by atoms with Crippen LogP contribution < -0.4 is 29.6 Å². The second kappa shape index (κ2) is 22.1. The third-order valence-electron chi connectivity index (χ3n) is 5.71. The Bertz CT molecular complexity index is 429. The molecule has 6 heteroatoms. The van der Waals surface area contributed by atoms with Crippen LogP contribution in [0.4, 0.5) is 0 Å².